The second-order valence-corrected chi connectivity index (χ2v) is 7.12. The van der Waals surface area contributed by atoms with Crippen LogP contribution < -0.4 is 10.6 Å². The van der Waals surface area contributed by atoms with Crippen LogP contribution in [0.15, 0.2) is 48.7 Å². The van der Waals surface area contributed by atoms with Crippen molar-refractivity contribution in [1.29, 1.82) is 0 Å². The van der Waals surface area contributed by atoms with E-state index in [2.05, 4.69) is 58.3 Å². The van der Waals surface area contributed by atoms with E-state index in [0.29, 0.717) is 6.54 Å². The molecule has 1 aliphatic rings. The van der Waals surface area contributed by atoms with Crippen molar-refractivity contribution in [2.75, 3.05) is 5.32 Å². The fourth-order valence-electron chi connectivity index (χ4n) is 3.10. The van der Waals surface area contributed by atoms with Gasteiger partial charge in [-0.1, -0.05) is 18.2 Å². The fourth-order valence-corrected chi connectivity index (χ4v) is 3.10. The predicted octanol–water partition coefficient (Wildman–Crippen LogP) is 3.84. The van der Waals surface area contributed by atoms with Gasteiger partial charge in [-0.25, -0.2) is 4.98 Å². The van der Waals surface area contributed by atoms with Gasteiger partial charge >= 0.3 is 0 Å². The summed E-state index contributed by atoms with van der Waals surface area (Å²) in [7, 11) is 0. The number of nitrogens with one attached hydrogen (secondary N) is 2. The van der Waals surface area contributed by atoms with Gasteiger partial charge in [-0.05, 0) is 56.5 Å². The molecule has 1 amide bonds. The summed E-state index contributed by atoms with van der Waals surface area (Å²) in [5.41, 5.74) is 5.24. The van der Waals surface area contributed by atoms with Crippen molar-refractivity contribution in [2.45, 2.75) is 39.3 Å². The monoisotopic (exact) mass is 348 g/mol. The molecule has 26 heavy (non-hydrogen) atoms. The van der Waals surface area contributed by atoms with Gasteiger partial charge in [-0.3, -0.25) is 4.79 Å². The summed E-state index contributed by atoms with van der Waals surface area (Å²) < 4.78 is 2.11. The molecular formula is C21H24N4O. The molecule has 1 aliphatic carbocycles. The molecule has 2 aromatic heterocycles. The van der Waals surface area contributed by atoms with Crippen LogP contribution in [0.2, 0.25) is 0 Å². The van der Waals surface area contributed by atoms with Crippen LogP contribution >= 0.6 is 0 Å². The maximum Gasteiger partial charge on any atom is 0.227 e. The Hall–Kier alpha value is -2.66. The second-order valence-electron chi connectivity index (χ2n) is 7.12. The molecule has 0 spiro atoms. The van der Waals surface area contributed by atoms with E-state index in [1.165, 1.54) is 11.3 Å². The van der Waals surface area contributed by atoms with Crippen LogP contribution in [0.4, 0.5) is 5.69 Å². The van der Waals surface area contributed by atoms with E-state index in [1.54, 1.807) is 0 Å². The first-order chi connectivity index (χ1) is 12.6. The van der Waals surface area contributed by atoms with Gasteiger partial charge in [0.15, 0.2) is 0 Å². The standard InChI is InChI=1S/C21H24N4O/c1-14-4-3-5-20-23-19(13-25(14)20)12-22-15(2)16-8-10-18(11-9-16)24-21(26)17-6-7-17/h3-5,8-11,13,15,17,22H,6-7,12H2,1-2H3,(H,24,26)/t15-/m0/s1. The largest absolute Gasteiger partial charge is 0.326 e. The molecule has 5 heteroatoms. The summed E-state index contributed by atoms with van der Waals surface area (Å²) in [6.07, 6.45) is 4.13. The van der Waals surface area contributed by atoms with Crippen LogP contribution in [-0.2, 0) is 11.3 Å². The molecule has 1 aromatic carbocycles. The molecule has 0 unspecified atom stereocenters. The van der Waals surface area contributed by atoms with Crippen LogP contribution in [0.25, 0.3) is 5.65 Å². The number of amides is 1. The van der Waals surface area contributed by atoms with Crippen LogP contribution in [0.1, 0.15) is 42.8 Å². The van der Waals surface area contributed by atoms with Crippen molar-refractivity contribution in [2.24, 2.45) is 5.92 Å². The van der Waals surface area contributed by atoms with Crippen molar-refractivity contribution in [1.82, 2.24) is 14.7 Å². The molecule has 2 N–H and O–H groups in total. The Morgan fingerprint density at radius 1 is 1.23 bits per heavy atom. The Bertz CT molecular complexity index is 925. The highest BCUT2D eigenvalue weighted by Crippen LogP contribution is 2.30. The minimum atomic E-state index is 0.145. The number of rotatable bonds is 6. The Morgan fingerprint density at radius 2 is 2.00 bits per heavy atom. The van der Waals surface area contributed by atoms with Gasteiger partial charge in [0.05, 0.1) is 5.69 Å². The van der Waals surface area contributed by atoms with Crippen LogP contribution in [-0.4, -0.2) is 15.3 Å². The number of carbonyl (C=O) groups is 1. The van der Waals surface area contributed by atoms with Gasteiger partial charge in [-0.2, -0.15) is 0 Å². The molecule has 4 rings (SSSR count). The number of hydrogen-bond acceptors (Lipinski definition) is 3. The number of nitrogens with zero attached hydrogens (tertiary/aromatic N) is 2. The highest BCUT2D eigenvalue weighted by atomic mass is 16.2. The van der Waals surface area contributed by atoms with Crippen LogP contribution in [0.3, 0.4) is 0 Å². The van der Waals surface area contributed by atoms with E-state index in [1.807, 2.05) is 24.3 Å². The maximum absolute atomic E-state index is 11.8. The first-order valence-electron chi connectivity index (χ1n) is 9.18. The highest BCUT2D eigenvalue weighted by molar-refractivity contribution is 5.94. The summed E-state index contributed by atoms with van der Waals surface area (Å²) in [6, 6.07) is 14.4. The van der Waals surface area contributed by atoms with E-state index >= 15 is 0 Å². The molecule has 1 fully saturated rings. The zero-order valence-corrected chi connectivity index (χ0v) is 15.2. The quantitative estimate of drug-likeness (QED) is 0.711. The number of hydrogen-bond donors (Lipinski definition) is 2. The Kier molecular flexibility index (Phi) is 4.47. The molecule has 1 atom stereocenters. The van der Waals surface area contributed by atoms with E-state index in [4.69, 9.17) is 0 Å². The highest BCUT2D eigenvalue weighted by Gasteiger charge is 2.29. The van der Waals surface area contributed by atoms with Gasteiger partial charge in [0.2, 0.25) is 5.91 Å². The lowest BCUT2D eigenvalue weighted by Crippen LogP contribution is -2.18. The summed E-state index contributed by atoms with van der Waals surface area (Å²) in [4.78, 5) is 16.5. The van der Waals surface area contributed by atoms with Gasteiger partial charge in [-0.15, -0.1) is 0 Å². The number of imidazole rings is 1. The number of aryl methyl sites for hydroxylation is 1. The minimum Gasteiger partial charge on any atom is -0.326 e. The SMILES string of the molecule is Cc1cccc2nc(CN[C@@H](C)c3ccc(NC(=O)C4CC4)cc3)cn12. The molecule has 134 valence electrons. The molecule has 2 heterocycles. The zero-order valence-electron chi connectivity index (χ0n) is 15.2. The normalized spacial score (nSPS) is 15.2. The Labute approximate surface area is 153 Å². The molecule has 0 radical (unpaired) electrons. The summed E-state index contributed by atoms with van der Waals surface area (Å²) in [5, 5.41) is 6.50. The van der Waals surface area contributed by atoms with E-state index in [-0.39, 0.29) is 17.9 Å². The summed E-state index contributed by atoms with van der Waals surface area (Å²) in [5.74, 6) is 0.371. The topological polar surface area (TPSA) is 58.4 Å². The number of fused-ring (bicyclic) bond motifs is 1. The molecular weight excluding hydrogens is 324 g/mol. The maximum atomic E-state index is 11.8. The van der Waals surface area contributed by atoms with Gasteiger partial charge in [0, 0.05) is 36.1 Å². The number of pyridine rings is 1. The Balaban J connectivity index is 1.36. The molecule has 0 saturated heterocycles. The molecule has 0 aliphatic heterocycles. The lowest BCUT2D eigenvalue weighted by atomic mass is 10.1. The van der Waals surface area contributed by atoms with Crippen LogP contribution in [0.5, 0.6) is 0 Å². The lowest BCUT2D eigenvalue weighted by molar-refractivity contribution is -0.117. The Morgan fingerprint density at radius 3 is 2.69 bits per heavy atom. The number of carbonyl (C=O) groups excluding carboxylic acids is 1. The average Bonchev–Trinajstić information content (AvgIpc) is 3.41. The first kappa shape index (κ1) is 16.8. The lowest BCUT2D eigenvalue weighted by Gasteiger charge is -2.14. The van der Waals surface area contributed by atoms with E-state index in [0.717, 1.165) is 29.9 Å². The van der Waals surface area contributed by atoms with Gasteiger partial charge < -0.3 is 15.0 Å². The third kappa shape index (κ3) is 3.63. The van der Waals surface area contributed by atoms with Crippen LogP contribution in [0, 0.1) is 12.8 Å². The first-order valence-corrected chi connectivity index (χ1v) is 9.18. The summed E-state index contributed by atoms with van der Waals surface area (Å²) >= 11 is 0. The fraction of sp³-hybridized carbons (Fsp3) is 0.333. The van der Waals surface area contributed by atoms with E-state index in [9.17, 15) is 4.79 Å². The molecule has 0 bridgehead atoms. The van der Waals surface area contributed by atoms with Gasteiger partial charge in [0.25, 0.3) is 0 Å². The number of benzene rings is 1. The summed E-state index contributed by atoms with van der Waals surface area (Å²) in [6.45, 7) is 4.93. The third-order valence-electron chi connectivity index (χ3n) is 4.96. The average molecular weight is 348 g/mol. The second kappa shape index (κ2) is 6.92. The van der Waals surface area contributed by atoms with Crippen molar-refractivity contribution in [3.63, 3.8) is 0 Å². The van der Waals surface area contributed by atoms with Crippen molar-refractivity contribution >= 4 is 17.2 Å². The predicted molar refractivity (Wildman–Crippen MR) is 103 cm³/mol. The van der Waals surface area contributed by atoms with Crippen molar-refractivity contribution < 1.29 is 4.79 Å². The smallest absolute Gasteiger partial charge is 0.227 e. The van der Waals surface area contributed by atoms with Crippen molar-refractivity contribution in [3.05, 3.63) is 65.6 Å². The molecule has 5 nitrogen and oxygen atoms in total. The number of aromatic nitrogens is 2. The van der Waals surface area contributed by atoms with E-state index < -0.39 is 0 Å². The molecule has 1 saturated carbocycles. The minimum absolute atomic E-state index is 0.145. The third-order valence-corrected chi connectivity index (χ3v) is 4.96. The van der Waals surface area contributed by atoms with Crippen molar-refractivity contribution in [3.8, 4) is 0 Å². The number of anilines is 1. The zero-order chi connectivity index (χ0) is 18.1. The molecule has 3 aromatic rings. The van der Waals surface area contributed by atoms with Gasteiger partial charge in [0.1, 0.15) is 5.65 Å².